The largest absolute Gasteiger partial charge is 0.345 e. The minimum absolute atomic E-state index is 0.0163. The molecule has 1 amide bonds. The number of benzene rings is 1. The Morgan fingerprint density at radius 2 is 1.90 bits per heavy atom. The summed E-state index contributed by atoms with van der Waals surface area (Å²) >= 11 is 0. The second-order valence-electron chi connectivity index (χ2n) is 6.20. The van der Waals surface area contributed by atoms with E-state index >= 15 is 0 Å². The molecule has 1 aliphatic rings. The van der Waals surface area contributed by atoms with Crippen LogP contribution in [0, 0.1) is 11.8 Å². The number of carbonyl (C=O) groups excluding carboxylic acids is 2. The number of hydrogen-bond donors (Lipinski definition) is 0. The summed E-state index contributed by atoms with van der Waals surface area (Å²) in [7, 11) is 1.85. The molecule has 1 fully saturated rings. The minimum atomic E-state index is -0.570. The third kappa shape index (κ3) is 2.50. The molecule has 1 aromatic rings. The van der Waals surface area contributed by atoms with Gasteiger partial charge in [0, 0.05) is 25.9 Å². The maximum absolute atomic E-state index is 13.1. The Bertz CT molecular complexity index is 525. The van der Waals surface area contributed by atoms with Crippen molar-refractivity contribution in [3.8, 4) is 0 Å². The van der Waals surface area contributed by atoms with Gasteiger partial charge in [-0.05, 0) is 24.8 Å². The fourth-order valence-electron chi connectivity index (χ4n) is 3.53. The maximum atomic E-state index is 13.1. The van der Waals surface area contributed by atoms with Gasteiger partial charge in [-0.2, -0.15) is 0 Å². The van der Waals surface area contributed by atoms with E-state index in [1.165, 1.54) is 0 Å². The molecule has 1 aliphatic carbocycles. The maximum Gasteiger partial charge on any atom is 0.233 e. The molecule has 21 heavy (non-hydrogen) atoms. The summed E-state index contributed by atoms with van der Waals surface area (Å²) in [5, 5.41) is 0. The lowest BCUT2D eigenvalue weighted by molar-refractivity contribution is -0.143. The number of nitrogens with zero attached hydrogens (tertiary/aromatic N) is 1. The smallest absolute Gasteiger partial charge is 0.233 e. The Hall–Kier alpha value is -1.64. The molecule has 0 bridgehead atoms. The van der Waals surface area contributed by atoms with E-state index in [2.05, 4.69) is 6.92 Å². The number of hydrogen-bond acceptors (Lipinski definition) is 2. The minimum Gasteiger partial charge on any atom is -0.345 e. The second-order valence-corrected chi connectivity index (χ2v) is 6.20. The Kier molecular flexibility index (Phi) is 4.50. The van der Waals surface area contributed by atoms with Crippen molar-refractivity contribution < 1.29 is 9.59 Å². The average molecular weight is 287 g/mol. The van der Waals surface area contributed by atoms with Gasteiger partial charge in [-0.15, -0.1) is 0 Å². The lowest BCUT2D eigenvalue weighted by Crippen LogP contribution is -2.54. The molecule has 0 aliphatic heterocycles. The number of Topliss-reactive ketones (excluding diaryl/α,β-unsaturated/α-hetero) is 1. The van der Waals surface area contributed by atoms with Gasteiger partial charge in [-0.25, -0.2) is 0 Å². The van der Waals surface area contributed by atoms with Gasteiger partial charge in [-0.1, -0.05) is 44.2 Å². The van der Waals surface area contributed by atoms with Gasteiger partial charge in [-0.3, -0.25) is 9.59 Å². The van der Waals surface area contributed by atoms with Crippen LogP contribution in [-0.4, -0.2) is 30.2 Å². The summed E-state index contributed by atoms with van der Waals surface area (Å²) in [5.41, 5.74) is 0.474. The molecule has 1 unspecified atom stereocenters. The molecule has 0 N–H and O–H groups in total. The predicted octanol–water partition coefficient (Wildman–Crippen LogP) is 3.04. The lowest BCUT2D eigenvalue weighted by Gasteiger charge is -2.46. The summed E-state index contributed by atoms with van der Waals surface area (Å²) in [5.74, 6) is 0.361. The van der Waals surface area contributed by atoms with Crippen LogP contribution in [0.5, 0.6) is 0 Å². The zero-order valence-corrected chi connectivity index (χ0v) is 13.4. The van der Waals surface area contributed by atoms with Crippen molar-refractivity contribution in [1.29, 1.82) is 0 Å². The van der Waals surface area contributed by atoms with Crippen LogP contribution < -0.4 is 0 Å². The average Bonchev–Trinajstić information content (AvgIpc) is 2.53. The normalized spacial score (nSPS) is 29.2. The van der Waals surface area contributed by atoms with Gasteiger partial charge in [0.15, 0.2) is 0 Å². The van der Waals surface area contributed by atoms with Crippen LogP contribution in [0.15, 0.2) is 30.3 Å². The van der Waals surface area contributed by atoms with Gasteiger partial charge >= 0.3 is 0 Å². The first-order valence-corrected chi connectivity index (χ1v) is 7.79. The molecular formula is C18H25NO2. The summed E-state index contributed by atoms with van der Waals surface area (Å²) in [6, 6.07) is 9.97. The first-order chi connectivity index (χ1) is 9.95. The van der Waals surface area contributed by atoms with Crippen LogP contribution in [0.1, 0.15) is 39.2 Å². The van der Waals surface area contributed by atoms with Crippen molar-refractivity contribution in [2.24, 2.45) is 11.8 Å². The molecule has 3 heteroatoms. The Balaban J connectivity index is 2.55. The third-order valence-electron chi connectivity index (χ3n) is 5.29. The monoisotopic (exact) mass is 287 g/mol. The van der Waals surface area contributed by atoms with Gasteiger partial charge in [0.05, 0.1) is 5.41 Å². The number of amides is 1. The number of likely N-dealkylation sites (N-methyl/N-ethyl adjacent to an activating group) is 1. The van der Waals surface area contributed by atoms with Crippen molar-refractivity contribution in [3.05, 3.63) is 35.9 Å². The van der Waals surface area contributed by atoms with Crippen LogP contribution in [0.3, 0.4) is 0 Å². The molecule has 0 saturated heterocycles. The van der Waals surface area contributed by atoms with E-state index in [9.17, 15) is 9.59 Å². The summed E-state index contributed by atoms with van der Waals surface area (Å²) in [6.45, 7) is 6.68. The number of rotatable bonds is 3. The first-order valence-electron chi connectivity index (χ1n) is 7.79. The molecule has 2 rings (SSSR count). The van der Waals surface area contributed by atoms with Crippen molar-refractivity contribution >= 4 is 11.7 Å². The zero-order chi connectivity index (χ0) is 15.6. The molecule has 0 radical (unpaired) electrons. The molecule has 3 nitrogen and oxygen atoms in total. The van der Waals surface area contributed by atoms with E-state index in [0.717, 1.165) is 5.56 Å². The molecule has 1 saturated carbocycles. The first kappa shape index (κ1) is 15.7. The summed E-state index contributed by atoms with van der Waals surface area (Å²) in [6.07, 6.45) is 1.11. The standard InChI is InChI=1S/C18H25NO2/c1-5-19(4)17(21)18(15-9-7-6-8-10-15)12-11-16(20)13(2)14(18)3/h6-10,13-14H,5,11-12H2,1-4H3/t13-,14-,18?/m0/s1. The molecule has 114 valence electrons. The Morgan fingerprint density at radius 1 is 1.29 bits per heavy atom. The fraction of sp³-hybridized carbons (Fsp3) is 0.556. The molecule has 0 aromatic heterocycles. The number of carbonyl (C=O) groups is 2. The van der Waals surface area contributed by atoms with E-state index in [1.54, 1.807) is 4.90 Å². The lowest BCUT2D eigenvalue weighted by atomic mass is 9.58. The fourth-order valence-corrected chi connectivity index (χ4v) is 3.53. The summed E-state index contributed by atoms with van der Waals surface area (Å²) in [4.78, 5) is 27.0. The SMILES string of the molecule is CCN(C)C(=O)C1(c2ccccc2)CCC(=O)[C@@H](C)[C@@H]1C. The molecule has 0 spiro atoms. The van der Waals surface area contributed by atoms with E-state index < -0.39 is 5.41 Å². The van der Waals surface area contributed by atoms with Gasteiger partial charge in [0.2, 0.25) is 5.91 Å². The highest BCUT2D eigenvalue weighted by Crippen LogP contribution is 2.46. The molecular weight excluding hydrogens is 262 g/mol. The third-order valence-corrected chi connectivity index (χ3v) is 5.29. The Morgan fingerprint density at radius 3 is 2.48 bits per heavy atom. The van der Waals surface area contributed by atoms with E-state index in [-0.39, 0.29) is 23.5 Å². The van der Waals surface area contributed by atoms with Crippen LogP contribution in [0.4, 0.5) is 0 Å². The van der Waals surface area contributed by atoms with Gasteiger partial charge in [0.25, 0.3) is 0 Å². The quantitative estimate of drug-likeness (QED) is 0.857. The molecule has 0 heterocycles. The van der Waals surface area contributed by atoms with Crippen molar-refractivity contribution in [2.75, 3.05) is 13.6 Å². The zero-order valence-electron chi connectivity index (χ0n) is 13.4. The highest BCUT2D eigenvalue weighted by Gasteiger charge is 2.51. The predicted molar refractivity (Wildman–Crippen MR) is 84.0 cm³/mol. The van der Waals surface area contributed by atoms with Crippen molar-refractivity contribution in [2.45, 2.75) is 39.0 Å². The second kappa shape index (κ2) is 6.00. The van der Waals surface area contributed by atoms with E-state index in [1.807, 2.05) is 51.2 Å². The van der Waals surface area contributed by atoms with Gasteiger partial charge < -0.3 is 4.90 Å². The van der Waals surface area contributed by atoms with Crippen molar-refractivity contribution in [1.82, 2.24) is 4.90 Å². The van der Waals surface area contributed by atoms with Crippen molar-refractivity contribution in [3.63, 3.8) is 0 Å². The highest BCUT2D eigenvalue weighted by molar-refractivity contribution is 5.93. The topological polar surface area (TPSA) is 37.4 Å². The molecule has 1 aromatic carbocycles. The van der Waals surface area contributed by atoms with Crippen LogP contribution >= 0.6 is 0 Å². The van der Waals surface area contributed by atoms with E-state index in [4.69, 9.17) is 0 Å². The number of ketones is 1. The van der Waals surface area contributed by atoms with Crippen LogP contribution in [0.25, 0.3) is 0 Å². The molecule has 3 atom stereocenters. The highest BCUT2D eigenvalue weighted by atomic mass is 16.2. The summed E-state index contributed by atoms with van der Waals surface area (Å²) < 4.78 is 0. The van der Waals surface area contributed by atoms with Crippen LogP contribution in [-0.2, 0) is 15.0 Å². The van der Waals surface area contributed by atoms with E-state index in [0.29, 0.717) is 19.4 Å². The van der Waals surface area contributed by atoms with Crippen LogP contribution in [0.2, 0.25) is 0 Å². The Labute approximate surface area is 127 Å². The van der Waals surface area contributed by atoms with Gasteiger partial charge in [0.1, 0.15) is 5.78 Å².